The topological polar surface area (TPSA) is 21.3 Å². The van der Waals surface area contributed by atoms with Gasteiger partial charge in [-0.3, -0.25) is 0 Å². The molecule has 0 aliphatic rings. The van der Waals surface area contributed by atoms with Gasteiger partial charge in [0.2, 0.25) is 0 Å². The number of rotatable bonds is 7. The first-order chi connectivity index (χ1) is 28.3. The lowest BCUT2D eigenvalue weighted by molar-refractivity contribution is 0.670. The van der Waals surface area contributed by atoms with E-state index in [2.05, 4.69) is 216 Å². The molecule has 11 aromatic rings. The van der Waals surface area contributed by atoms with Crippen LogP contribution in [0.1, 0.15) is 0 Å². The van der Waals surface area contributed by atoms with E-state index in [0.717, 1.165) is 66.9 Å². The van der Waals surface area contributed by atoms with Gasteiger partial charge in [0.25, 0.3) is 0 Å². The summed E-state index contributed by atoms with van der Waals surface area (Å²) in [5, 5.41) is 4.75. The molecular formula is C54H36N2O. The predicted molar refractivity (Wildman–Crippen MR) is 239 cm³/mol. The van der Waals surface area contributed by atoms with Gasteiger partial charge >= 0.3 is 0 Å². The minimum Gasteiger partial charge on any atom is -0.455 e. The monoisotopic (exact) mass is 728 g/mol. The van der Waals surface area contributed by atoms with Crippen molar-refractivity contribution in [3.63, 3.8) is 0 Å². The maximum Gasteiger partial charge on any atom is 0.143 e. The second-order valence-corrected chi connectivity index (χ2v) is 14.5. The van der Waals surface area contributed by atoms with Gasteiger partial charge in [0.05, 0.1) is 16.7 Å². The average molecular weight is 729 g/mol. The maximum atomic E-state index is 6.51. The highest BCUT2D eigenvalue weighted by atomic mass is 16.3. The van der Waals surface area contributed by atoms with Crippen molar-refractivity contribution in [2.75, 3.05) is 4.90 Å². The fourth-order valence-corrected chi connectivity index (χ4v) is 8.58. The van der Waals surface area contributed by atoms with E-state index in [1.165, 1.54) is 32.9 Å². The summed E-state index contributed by atoms with van der Waals surface area (Å²) in [6, 6.07) is 78.1. The minimum atomic E-state index is 0.897. The smallest absolute Gasteiger partial charge is 0.143 e. The Kier molecular flexibility index (Phi) is 7.82. The van der Waals surface area contributed by atoms with E-state index >= 15 is 0 Å². The number of hydrogen-bond donors (Lipinski definition) is 0. The normalized spacial score (nSPS) is 11.5. The van der Waals surface area contributed by atoms with E-state index in [-0.39, 0.29) is 0 Å². The molecule has 0 atom stereocenters. The third kappa shape index (κ3) is 5.60. The number of hydrogen-bond acceptors (Lipinski definition) is 2. The van der Waals surface area contributed by atoms with Crippen molar-refractivity contribution in [2.24, 2.45) is 0 Å². The van der Waals surface area contributed by atoms with Gasteiger partial charge in [-0.05, 0) is 82.9 Å². The highest BCUT2D eigenvalue weighted by Gasteiger charge is 2.19. The molecule has 0 bridgehead atoms. The molecule has 0 radical (unpaired) electrons. The van der Waals surface area contributed by atoms with Crippen molar-refractivity contribution >= 4 is 60.8 Å². The molecule has 57 heavy (non-hydrogen) atoms. The number of aromatic nitrogens is 1. The van der Waals surface area contributed by atoms with E-state index in [9.17, 15) is 0 Å². The molecule has 0 spiro atoms. The van der Waals surface area contributed by atoms with Crippen molar-refractivity contribution in [1.29, 1.82) is 0 Å². The molecular weight excluding hydrogens is 693 g/mol. The van der Waals surface area contributed by atoms with E-state index in [1.807, 2.05) is 12.1 Å². The summed E-state index contributed by atoms with van der Waals surface area (Å²) in [7, 11) is 0. The molecule has 0 saturated heterocycles. The number of anilines is 3. The van der Waals surface area contributed by atoms with Crippen molar-refractivity contribution in [1.82, 2.24) is 4.57 Å². The minimum absolute atomic E-state index is 0.897. The Morgan fingerprint density at radius 2 is 0.842 bits per heavy atom. The van der Waals surface area contributed by atoms with Crippen molar-refractivity contribution in [3.05, 3.63) is 218 Å². The molecule has 268 valence electrons. The van der Waals surface area contributed by atoms with Crippen LogP contribution in [-0.4, -0.2) is 4.57 Å². The summed E-state index contributed by atoms with van der Waals surface area (Å²) >= 11 is 0. The van der Waals surface area contributed by atoms with Crippen LogP contribution in [-0.2, 0) is 0 Å². The molecule has 2 aromatic heterocycles. The average Bonchev–Trinajstić information content (AvgIpc) is 3.83. The molecule has 11 rings (SSSR count). The van der Waals surface area contributed by atoms with Crippen LogP contribution in [0.3, 0.4) is 0 Å². The standard InChI is InChI=1S/C54H36N2O/c1-2-15-37(16-3-1)38-31-33-41(34-32-38)55(43-20-13-18-40(36-43)45-25-14-26-49-48-24-7-11-30-53(48)57-54(45)49)42-19-12-17-39(35-42)44-21-4-8-27-50(44)56-51-28-9-5-22-46(51)47-23-6-10-29-52(47)56/h1-36H. The van der Waals surface area contributed by atoms with Gasteiger partial charge in [0.1, 0.15) is 11.2 Å². The Labute approximate surface area is 330 Å². The van der Waals surface area contributed by atoms with Crippen LogP contribution >= 0.6 is 0 Å². The quantitative estimate of drug-likeness (QED) is 0.163. The van der Waals surface area contributed by atoms with E-state index in [4.69, 9.17) is 4.42 Å². The van der Waals surface area contributed by atoms with Gasteiger partial charge in [-0.25, -0.2) is 0 Å². The fraction of sp³-hybridized carbons (Fsp3) is 0. The first kappa shape index (κ1) is 32.8. The fourth-order valence-electron chi connectivity index (χ4n) is 8.58. The van der Waals surface area contributed by atoms with Gasteiger partial charge in [0.15, 0.2) is 0 Å². The molecule has 0 fully saturated rings. The van der Waals surface area contributed by atoms with Gasteiger partial charge in [0, 0.05) is 49.7 Å². The number of fused-ring (bicyclic) bond motifs is 6. The Balaban J connectivity index is 1.08. The lowest BCUT2D eigenvalue weighted by Crippen LogP contribution is -2.10. The summed E-state index contributed by atoms with van der Waals surface area (Å²) < 4.78 is 8.92. The van der Waals surface area contributed by atoms with E-state index in [0.29, 0.717) is 0 Å². The Morgan fingerprint density at radius 1 is 0.333 bits per heavy atom. The zero-order valence-electron chi connectivity index (χ0n) is 31.1. The van der Waals surface area contributed by atoms with Gasteiger partial charge in [-0.2, -0.15) is 0 Å². The van der Waals surface area contributed by atoms with E-state index in [1.54, 1.807) is 0 Å². The molecule has 0 saturated carbocycles. The van der Waals surface area contributed by atoms with Crippen LogP contribution in [0.2, 0.25) is 0 Å². The number of nitrogens with zero attached hydrogens (tertiary/aromatic N) is 2. The van der Waals surface area contributed by atoms with Gasteiger partial charge in [-0.1, -0.05) is 158 Å². The maximum absolute atomic E-state index is 6.51. The molecule has 2 heterocycles. The second-order valence-electron chi connectivity index (χ2n) is 14.5. The third-order valence-corrected chi connectivity index (χ3v) is 11.2. The zero-order chi connectivity index (χ0) is 37.7. The molecule has 0 aliphatic carbocycles. The van der Waals surface area contributed by atoms with Crippen LogP contribution in [0, 0.1) is 0 Å². The zero-order valence-corrected chi connectivity index (χ0v) is 31.1. The first-order valence-electron chi connectivity index (χ1n) is 19.4. The highest BCUT2D eigenvalue weighted by Crippen LogP contribution is 2.42. The predicted octanol–water partition coefficient (Wildman–Crippen LogP) is 15.2. The summed E-state index contributed by atoms with van der Waals surface area (Å²) in [5.74, 6) is 0. The van der Waals surface area contributed by atoms with Gasteiger partial charge in [-0.15, -0.1) is 0 Å². The third-order valence-electron chi connectivity index (χ3n) is 11.2. The molecule has 0 N–H and O–H groups in total. The molecule has 0 aliphatic heterocycles. The van der Waals surface area contributed by atoms with Crippen LogP contribution in [0.4, 0.5) is 17.1 Å². The van der Waals surface area contributed by atoms with Crippen LogP contribution < -0.4 is 4.90 Å². The Morgan fingerprint density at radius 3 is 1.56 bits per heavy atom. The van der Waals surface area contributed by atoms with Crippen LogP contribution in [0.15, 0.2) is 223 Å². The lowest BCUT2D eigenvalue weighted by Gasteiger charge is -2.27. The molecule has 3 heteroatoms. The SMILES string of the molecule is c1ccc(-c2ccc(N(c3cccc(-c4ccccc4-n4c5ccccc5c5ccccc54)c3)c3cccc(-c4cccc5c4oc4ccccc45)c3)cc2)cc1. The number of benzene rings is 9. The van der Waals surface area contributed by atoms with Crippen molar-refractivity contribution in [2.45, 2.75) is 0 Å². The largest absolute Gasteiger partial charge is 0.455 e. The van der Waals surface area contributed by atoms with E-state index < -0.39 is 0 Å². The number of furan rings is 1. The molecule has 3 nitrogen and oxygen atoms in total. The Hall–Kier alpha value is -7.62. The van der Waals surface area contributed by atoms with Gasteiger partial charge < -0.3 is 13.9 Å². The second kappa shape index (κ2) is 13.6. The summed E-state index contributed by atoms with van der Waals surface area (Å²) in [4.78, 5) is 2.36. The molecule has 0 unspecified atom stereocenters. The van der Waals surface area contributed by atoms with Crippen LogP contribution in [0.25, 0.3) is 82.8 Å². The van der Waals surface area contributed by atoms with Crippen LogP contribution in [0.5, 0.6) is 0 Å². The summed E-state index contributed by atoms with van der Waals surface area (Å²) in [5.41, 5.74) is 15.4. The highest BCUT2D eigenvalue weighted by molar-refractivity contribution is 6.11. The summed E-state index contributed by atoms with van der Waals surface area (Å²) in [6.07, 6.45) is 0. The Bertz CT molecular complexity index is 3190. The number of para-hydroxylation sites is 5. The lowest BCUT2D eigenvalue weighted by atomic mass is 10.00. The molecule has 0 amide bonds. The first-order valence-corrected chi connectivity index (χ1v) is 19.4. The summed E-state index contributed by atoms with van der Waals surface area (Å²) in [6.45, 7) is 0. The molecule has 9 aromatic carbocycles. The van der Waals surface area contributed by atoms with Crippen molar-refractivity contribution < 1.29 is 4.42 Å². The van der Waals surface area contributed by atoms with Crippen molar-refractivity contribution in [3.8, 4) is 39.1 Å².